The van der Waals surface area contributed by atoms with Gasteiger partial charge in [0.2, 0.25) is 0 Å². The molecular weight excluding hydrogens is 230 g/mol. The average Bonchev–Trinajstić information content (AvgIpc) is 2.85. The van der Waals surface area contributed by atoms with Crippen LogP contribution in [0.2, 0.25) is 0 Å². The van der Waals surface area contributed by atoms with Crippen molar-refractivity contribution < 1.29 is 0 Å². The summed E-state index contributed by atoms with van der Waals surface area (Å²) < 4.78 is 0. The minimum Gasteiger partial charge on any atom is -0.330 e. The predicted molar refractivity (Wildman–Crippen MR) is 81.4 cm³/mol. The molecular formula is C18H27N. The van der Waals surface area contributed by atoms with Gasteiger partial charge < -0.3 is 5.73 Å². The molecule has 0 heterocycles. The average molecular weight is 257 g/mol. The maximum Gasteiger partial charge on any atom is 0.00861 e. The van der Waals surface area contributed by atoms with Crippen LogP contribution in [-0.4, -0.2) is 6.54 Å². The summed E-state index contributed by atoms with van der Waals surface area (Å²) >= 11 is 0. The van der Waals surface area contributed by atoms with Crippen molar-refractivity contribution in [2.45, 2.75) is 63.7 Å². The van der Waals surface area contributed by atoms with Gasteiger partial charge in [-0.05, 0) is 48.1 Å². The molecule has 2 aliphatic rings. The van der Waals surface area contributed by atoms with E-state index in [0.29, 0.717) is 16.7 Å². The molecule has 2 saturated carbocycles. The van der Waals surface area contributed by atoms with Gasteiger partial charge in [-0.1, -0.05) is 51.0 Å². The van der Waals surface area contributed by atoms with Crippen LogP contribution >= 0.6 is 0 Å². The van der Waals surface area contributed by atoms with E-state index in [1.165, 1.54) is 49.7 Å². The monoisotopic (exact) mass is 257 g/mol. The van der Waals surface area contributed by atoms with Gasteiger partial charge in [0, 0.05) is 12.0 Å². The number of nitrogens with two attached hydrogens (primary N) is 1. The van der Waals surface area contributed by atoms with Gasteiger partial charge in [-0.3, -0.25) is 0 Å². The lowest BCUT2D eigenvalue weighted by molar-refractivity contribution is 0.0329. The third kappa shape index (κ3) is 2.12. The van der Waals surface area contributed by atoms with Crippen molar-refractivity contribution in [1.82, 2.24) is 0 Å². The van der Waals surface area contributed by atoms with Gasteiger partial charge in [0.05, 0.1) is 0 Å². The second-order valence-electron chi connectivity index (χ2n) is 7.32. The normalized spacial score (nSPS) is 23.8. The van der Waals surface area contributed by atoms with E-state index in [-0.39, 0.29) is 0 Å². The van der Waals surface area contributed by atoms with Crippen molar-refractivity contribution in [2.75, 3.05) is 6.54 Å². The van der Waals surface area contributed by atoms with E-state index in [1.54, 1.807) is 0 Å². The Kier molecular flexibility index (Phi) is 3.21. The summed E-state index contributed by atoms with van der Waals surface area (Å²) in [5, 5.41) is 0. The number of hydrogen-bond donors (Lipinski definition) is 1. The molecule has 0 bridgehead atoms. The number of hydrogen-bond acceptors (Lipinski definition) is 1. The van der Waals surface area contributed by atoms with Crippen molar-refractivity contribution in [3.05, 3.63) is 35.4 Å². The molecule has 3 rings (SSSR count). The van der Waals surface area contributed by atoms with E-state index in [1.807, 2.05) is 0 Å². The van der Waals surface area contributed by atoms with Crippen molar-refractivity contribution in [3.8, 4) is 0 Å². The molecule has 1 aromatic carbocycles. The van der Waals surface area contributed by atoms with E-state index in [9.17, 15) is 0 Å². The highest BCUT2D eigenvalue weighted by molar-refractivity contribution is 5.35. The second-order valence-corrected chi connectivity index (χ2v) is 7.32. The molecule has 0 saturated heterocycles. The van der Waals surface area contributed by atoms with E-state index in [4.69, 9.17) is 5.73 Å². The van der Waals surface area contributed by atoms with E-state index < -0.39 is 0 Å². The fourth-order valence-corrected chi connectivity index (χ4v) is 4.55. The van der Waals surface area contributed by atoms with Crippen LogP contribution in [0.3, 0.4) is 0 Å². The molecule has 1 aromatic rings. The lowest BCUT2D eigenvalue weighted by Crippen LogP contribution is -2.52. The first-order valence-electron chi connectivity index (χ1n) is 7.90. The van der Waals surface area contributed by atoms with Gasteiger partial charge in [0.1, 0.15) is 0 Å². The highest BCUT2D eigenvalue weighted by Gasteiger charge is 2.54. The quantitative estimate of drug-likeness (QED) is 0.855. The van der Waals surface area contributed by atoms with Crippen LogP contribution in [-0.2, 0) is 5.41 Å². The largest absolute Gasteiger partial charge is 0.330 e. The molecule has 2 aliphatic carbocycles. The van der Waals surface area contributed by atoms with Crippen LogP contribution in [0.25, 0.3) is 0 Å². The lowest BCUT2D eigenvalue weighted by Gasteiger charge is -2.55. The first-order valence-corrected chi connectivity index (χ1v) is 7.90. The van der Waals surface area contributed by atoms with Crippen LogP contribution in [0, 0.1) is 5.41 Å². The van der Waals surface area contributed by atoms with Crippen LogP contribution in [0.4, 0.5) is 0 Å². The fraction of sp³-hybridized carbons (Fsp3) is 0.667. The smallest absolute Gasteiger partial charge is 0.00861 e. The summed E-state index contributed by atoms with van der Waals surface area (Å²) in [6.07, 6.45) is 8.42. The summed E-state index contributed by atoms with van der Waals surface area (Å²) in [5.41, 5.74) is 10.0. The molecule has 0 aliphatic heterocycles. The summed E-state index contributed by atoms with van der Waals surface area (Å²) in [6, 6.07) is 9.28. The molecule has 19 heavy (non-hydrogen) atoms. The molecule has 0 radical (unpaired) electrons. The molecule has 104 valence electrons. The van der Waals surface area contributed by atoms with Crippen molar-refractivity contribution >= 4 is 0 Å². The zero-order valence-corrected chi connectivity index (χ0v) is 12.4. The molecule has 1 nitrogen and oxygen atoms in total. The molecule has 0 amide bonds. The van der Waals surface area contributed by atoms with E-state index in [2.05, 4.69) is 38.1 Å². The Balaban J connectivity index is 1.80. The minimum atomic E-state index is 0.292. The zero-order chi connectivity index (χ0) is 13.5. The summed E-state index contributed by atoms with van der Waals surface area (Å²) in [6.45, 7) is 5.32. The van der Waals surface area contributed by atoms with Crippen molar-refractivity contribution in [1.29, 1.82) is 0 Å². The highest BCUT2D eigenvalue weighted by atomic mass is 14.7. The Bertz CT molecular complexity index is 429. The fourth-order valence-electron chi connectivity index (χ4n) is 4.55. The molecule has 0 unspecified atom stereocenters. The summed E-state index contributed by atoms with van der Waals surface area (Å²) in [5.74, 6) is 0.616. The highest BCUT2D eigenvalue weighted by Crippen LogP contribution is 2.62. The van der Waals surface area contributed by atoms with Gasteiger partial charge in [-0.25, -0.2) is 0 Å². The molecule has 0 aromatic heterocycles. The van der Waals surface area contributed by atoms with Crippen LogP contribution in [0.15, 0.2) is 24.3 Å². The predicted octanol–water partition coefficient (Wildman–Crippen LogP) is 4.36. The minimum absolute atomic E-state index is 0.292. The molecule has 1 spiro atoms. The first kappa shape index (κ1) is 13.2. The van der Waals surface area contributed by atoms with Crippen molar-refractivity contribution in [2.24, 2.45) is 11.1 Å². The number of rotatable bonds is 3. The third-order valence-corrected chi connectivity index (χ3v) is 5.67. The second kappa shape index (κ2) is 4.63. The van der Waals surface area contributed by atoms with E-state index >= 15 is 0 Å². The molecule has 1 heteroatoms. The first-order chi connectivity index (χ1) is 9.09. The van der Waals surface area contributed by atoms with Crippen LogP contribution in [0.1, 0.15) is 69.4 Å². The van der Waals surface area contributed by atoms with Gasteiger partial charge in [-0.2, -0.15) is 0 Å². The molecule has 2 N–H and O–H groups in total. The SMILES string of the molecule is CC(C)c1ccc(C2(CN)CC3(CCCC3)C2)cc1. The Morgan fingerprint density at radius 2 is 1.63 bits per heavy atom. The zero-order valence-electron chi connectivity index (χ0n) is 12.4. The van der Waals surface area contributed by atoms with Crippen LogP contribution in [0.5, 0.6) is 0 Å². The summed E-state index contributed by atoms with van der Waals surface area (Å²) in [4.78, 5) is 0. The van der Waals surface area contributed by atoms with Crippen LogP contribution < -0.4 is 5.73 Å². The molecule has 2 fully saturated rings. The standard InChI is InChI=1S/C18H27N/c1-14(2)15-5-7-16(8-6-15)18(13-19)11-17(12-18)9-3-4-10-17/h5-8,14H,3-4,9-13,19H2,1-2H3. The Labute approximate surface area is 117 Å². The molecule has 0 atom stereocenters. The van der Waals surface area contributed by atoms with E-state index in [0.717, 1.165) is 6.54 Å². The topological polar surface area (TPSA) is 26.0 Å². The van der Waals surface area contributed by atoms with Crippen molar-refractivity contribution in [3.63, 3.8) is 0 Å². The van der Waals surface area contributed by atoms with Gasteiger partial charge in [-0.15, -0.1) is 0 Å². The maximum atomic E-state index is 6.15. The van der Waals surface area contributed by atoms with Gasteiger partial charge in [0.25, 0.3) is 0 Å². The lowest BCUT2D eigenvalue weighted by atomic mass is 9.49. The van der Waals surface area contributed by atoms with Gasteiger partial charge in [0.15, 0.2) is 0 Å². The maximum absolute atomic E-state index is 6.15. The Hall–Kier alpha value is -0.820. The Morgan fingerprint density at radius 1 is 1.05 bits per heavy atom. The third-order valence-electron chi connectivity index (χ3n) is 5.67. The number of benzene rings is 1. The summed E-state index contributed by atoms with van der Waals surface area (Å²) in [7, 11) is 0. The Morgan fingerprint density at radius 3 is 2.11 bits per heavy atom. The van der Waals surface area contributed by atoms with Gasteiger partial charge >= 0.3 is 0 Å².